The normalized spacial score (nSPS) is 11.2. The van der Waals surface area contributed by atoms with E-state index in [1.54, 1.807) is 0 Å². The molecule has 0 unspecified atom stereocenters. The van der Waals surface area contributed by atoms with Crippen LogP contribution in [0.4, 0.5) is 4.79 Å². The molecule has 0 fully saturated rings. The van der Waals surface area contributed by atoms with Crippen LogP contribution in [0.2, 0.25) is 0 Å². The summed E-state index contributed by atoms with van der Waals surface area (Å²) in [4.78, 5) is 13.6. The van der Waals surface area contributed by atoms with Crippen molar-refractivity contribution >= 4 is 12.1 Å². The van der Waals surface area contributed by atoms with Crippen LogP contribution in [0.25, 0.3) is 0 Å². The van der Waals surface area contributed by atoms with Crippen LogP contribution in [0.3, 0.4) is 0 Å². The van der Waals surface area contributed by atoms with E-state index in [0.29, 0.717) is 19.5 Å². The topological polar surface area (TPSA) is 114 Å². The molecule has 0 aromatic rings. The minimum atomic E-state index is -1.21. The first-order valence-electron chi connectivity index (χ1n) is 3.16. The van der Waals surface area contributed by atoms with Crippen LogP contribution in [0, 0.1) is 0 Å². The van der Waals surface area contributed by atoms with E-state index in [9.17, 15) is 4.79 Å². The lowest BCUT2D eigenvalue weighted by molar-refractivity contribution is 0.200. The predicted octanol–water partition coefficient (Wildman–Crippen LogP) is -1.08. The Kier molecular flexibility index (Phi) is 4.83. The molecule has 0 saturated carbocycles. The molecule has 0 aliphatic heterocycles. The van der Waals surface area contributed by atoms with Crippen molar-refractivity contribution in [2.45, 2.75) is 6.42 Å². The van der Waals surface area contributed by atoms with Gasteiger partial charge in [-0.25, -0.2) is 4.79 Å². The second kappa shape index (κ2) is 5.48. The van der Waals surface area contributed by atoms with Crippen molar-refractivity contribution in [1.82, 2.24) is 5.32 Å². The average molecular weight is 160 g/mol. The maximum absolute atomic E-state index is 9.95. The first kappa shape index (κ1) is 9.70. The Labute approximate surface area is 64.3 Å². The standard InChI is InChI=1S/C5H12N4O2/c6-2-1-3-8-4(7)9-5(10)11/h1-3,6H2,(H,10,11)(H3,7,8,9). The molecular weight excluding hydrogens is 148 g/mol. The minimum Gasteiger partial charge on any atom is -0.465 e. The second-order valence-corrected chi connectivity index (χ2v) is 1.84. The highest BCUT2D eigenvalue weighted by Crippen LogP contribution is 1.75. The first-order chi connectivity index (χ1) is 5.16. The third-order valence-electron chi connectivity index (χ3n) is 0.879. The SMILES string of the molecule is NCCCN=C(N)NC(=O)O. The van der Waals surface area contributed by atoms with Gasteiger partial charge in [-0.15, -0.1) is 0 Å². The smallest absolute Gasteiger partial charge is 0.411 e. The van der Waals surface area contributed by atoms with Crippen molar-refractivity contribution in [3.63, 3.8) is 0 Å². The number of aliphatic imine (C=N–C) groups is 1. The molecule has 0 radical (unpaired) electrons. The van der Waals surface area contributed by atoms with E-state index in [4.69, 9.17) is 16.6 Å². The number of carboxylic acid groups (broad SMARTS) is 1. The molecule has 0 atom stereocenters. The van der Waals surface area contributed by atoms with Crippen molar-refractivity contribution in [2.75, 3.05) is 13.1 Å². The highest BCUT2D eigenvalue weighted by Gasteiger charge is 1.95. The summed E-state index contributed by atoms with van der Waals surface area (Å²) in [5.74, 6) is -0.0917. The van der Waals surface area contributed by atoms with E-state index in [0.717, 1.165) is 0 Å². The molecule has 0 aromatic heterocycles. The van der Waals surface area contributed by atoms with E-state index in [2.05, 4.69) is 4.99 Å². The van der Waals surface area contributed by atoms with Gasteiger partial charge in [0.15, 0.2) is 5.96 Å². The van der Waals surface area contributed by atoms with Crippen molar-refractivity contribution in [3.05, 3.63) is 0 Å². The van der Waals surface area contributed by atoms with Crippen LogP contribution in [0.5, 0.6) is 0 Å². The summed E-state index contributed by atoms with van der Waals surface area (Å²) in [6.07, 6.45) is -0.513. The summed E-state index contributed by atoms with van der Waals surface area (Å²) in [6.45, 7) is 0.965. The molecule has 6 nitrogen and oxygen atoms in total. The van der Waals surface area contributed by atoms with Gasteiger partial charge in [0.2, 0.25) is 0 Å². The molecule has 0 heterocycles. The highest BCUT2D eigenvalue weighted by molar-refractivity contribution is 5.91. The molecule has 64 valence electrons. The lowest BCUT2D eigenvalue weighted by Gasteiger charge is -1.97. The van der Waals surface area contributed by atoms with Gasteiger partial charge in [-0.3, -0.25) is 10.3 Å². The number of guanidine groups is 1. The first-order valence-corrected chi connectivity index (χ1v) is 3.16. The van der Waals surface area contributed by atoms with Crippen LogP contribution in [-0.2, 0) is 0 Å². The molecule has 6 heteroatoms. The molecule has 11 heavy (non-hydrogen) atoms. The maximum Gasteiger partial charge on any atom is 0.411 e. The molecule has 0 rings (SSSR count). The quantitative estimate of drug-likeness (QED) is 0.239. The van der Waals surface area contributed by atoms with Crippen LogP contribution >= 0.6 is 0 Å². The van der Waals surface area contributed by atoms with Gasteiger partial charge in [-0.2, -0.15) is 0 Å². The summed E-state index contributed by atoms with van der Waals surface area (Å²) in [7, 11) is 0. The number of rotatable bonds is 3. The Morgan fingerprint density at radius 1 is 1.64 bits per heavy atom. The molecule has 0 aliphatic rings. The highest BCUT2D eigenvalue weighted by atomic mass is 16.4. The summed E-state index contributed by atoms with van der Waals surface area (Å²) < 4.78 is 0. The lowest BCUT2D eigenvalue weighted by Crippen LogP contribution is -2.35. The van der Waals surface area contributed by atoms with Gasteiger partial charge in [0, 0.05) is 6.54 Å². The minimum absolute atomic E-state index is 0.0917. The number of carbonyl (C=O) groups is 1. The summed E-state index contributed by atoms with van der Waals surface area (Å²) in [5, 5.41) is 10.0. The second-order valence-electron chi connectivity index (χ2n) is 1.84. The van der Waals surface area contributed by atoms with E-state index in [1.807, 2.05) is 5.32 Å². The zero-order chi connectivity index (χ0) is 8.69. The Balaban J connectivity index is 3.54. The third kappa shape index (κ3) is 6.59. The van der Waals surface area contributed by atoms with Crippen molar-refractivity contribution in [2.24, 2.45) is 16.5 Å². The van der Waals surface area contributed by atoms with E-state index in [-0.39, 0.29) is 5.96 Å². The molecular formula is C5H12N4O2. The van der Waals surface area contributed by atoms with Gasteiger partial charge in [0.1, 0.15) is 0 Å². The number of hydrogen-bond donors (Lipinski definition) is 4. The molecule has 0 spiro atoms. The van der Waals surface area contributed by atoms with E-state index >= 15 is 0 Å². The van der Waals surface area contributed by atoms with Crippen LogP contribution in [-0.4, -0.2) is 30.2 Å². The number of nitrogens with two attached hydrogens (primary N) is 2. The average Bonchev–Trinajstić information content (AvgIpc) is 1.86. The zero-order valence-corrected chi connectivity index (χ0v) is 6.08. The molecule has 0 saturated heterocycles. The Morgan fingerprint density at radius 3 is 2.73 bits per heavy atom. The molecule has 6 N–H and O–H groups in total. The molecule has 0 aromatic carbocycles. The number of hydrogen-bond acceptors (Lipinski definition) is 3. The zero-order valence-electron chi connectivity index (χ0n) is 6.08. The summed E-state index contributed by atoms with van der Waals surface area (Å²) in [6, 6.07) is 0. The predicted molar refractivity (Wildman–Crippen MR) is 41.3 cm³/mol. The van der Waals surface area contributed by atoms with Gasteiger partial charge in [0.05, 0.1) is 0 Å². The number of nitrogens with one attached hydrogen (secondary N) is 1. The van der Waals surface area contributed by atoms with Crippen molar-refractivity contribution in [1.29, 1.82) is 0 Å². The fourth-order valence-electron chi connectivity index (χ4n) is 0.440. The Morgan fingerprint density at radius 2 is 2.27 bits per heavy atom. The van der Waals surface area contributed by atoms with Crippen molar-refractivity contribution in [3.8, 4) is 0 Å². The largest absolute Gasteiger partial charge is 0.465 e. The molecule has 1 amide bonds. The summed E-state index contributed by atoms with van der Waals surface area (Å²) in [5.41, 5.74) is 10.3. The van der Waals surface area contributed by atoms with Crippen LogP contribution < -0.4 is 16.8 Å². The van der Waals surface area contributed by atoms with Gasteiger partial charge < -0.3 is 16.6 Å². The molecule has 0 bridgehead atoms. The monoisotopic (exact) mass is 160 g/mol. The van der Waals surface area contributed by atoms with Gasteiger partial charge in [-0.1, -0.05) is 0 Å². The summed E-state index contributed by atoms with van der Waals surface area (Å²) >= 11 is 0. The lowest BCUT2D eigenvalue weighted by atomic mass is 10.4. The number of amides is 1. The Bertz CT molecular complexity index is 157. The third-order valence-corrected chi connectivity index (χ3v) is 0.879. The van der Waals surface area contributed by atoms with Crippen LogP contribution in [0.15, 0.2) is 4.99 Å². The van der Waals surface area contributed by atoms with Crippen LogP contribution in [0.1, 0.15) is 6.42 Å². The Hall–Kier alpha value is -1.30. The molecule has 0 aliphatic carbocycles. The fraction of sp³-hybridized carbons (Fsp3) is 0.600. The number of nitrogens with zero attached hydrogens (tertiary/aromatic N) is 1. The van der Waals surface area contributed by atoms with Gasteiger partial charge in [-0.05, 0) is 13.0 Å². The maximum atomic E-state index is 9.95. The van der Waals surface area contributed by atoms with E-state index < -0.39 is 6.09 Å². The van der Waals surface area contributed by atoms with E-state index in [1.165, 1.54) is 0 Å². The van der Waals surface area contributed by atoms with Gasteiger partial charge >= 0.3 is 6.09 Å². The van der Waals surface area contributed by atoms with Crippen molar-refractivity contribution < 1.29 is 9.90 Å². The fourth-order valence-corrected chi connectivity index (χ4v) is 0.440. The van der Waals surface area contributed by atoms with Gasteiger partial charge in [0.25, 0.3) is 0 Å².